The number of rotatable bonds is 3. The number of aryl methyl sites for hydroxylation is 1. The van der Waals surface area contributed by atoms with E-state index in [1.165, 1.54) is 0 Å². The summed E-state index contributed by atoms with van der Waals surface area (Å²) in [6.45, 7) is 2.00. The van der Waals surface area contributed by atoms with Crippen molar-refractivity contribution in [3.63, 3.8) is 0 Å². The highest BCUT2D eigenvalue weighted by Gasteiger charge is 2.13. The van der Waals surface area contributed by atoms with Gasteiger partial charge in [0.15, 0.2) is 11.6 Å². The third-order valence-electron chi connectivity index (χ3n) is 3.73. The highest BCUT2D eigenvalue weighted by atomic mass is 15.5. The van der Waals surface area contributed by atoms with E-state index >= 15 is 0 Å². The quantitative estimate of drug-likeness (QED) is 0.572. The summed E-state index contributed by atoms with van der Waals surface area (Å²) in [5, 5.41) is 0. The second kappa shape index (κ2) is 5.57. The molecule has 0 spiro atoms. The smallest absolute Gasteiger partial charge is 0.159 e. The Hall–Kier alpha value is -3.14. The Morgan fingerprint density at radius 2 is 1.35 bits per heavy atom. The maximum absolute atomic E-state index is 4.69. The summed E-state index contributed by atoms with van der Waals surface area (Å²) in [6, 6.07) is 20.4. The molecule has 0 N–H and O–H groups in total. The third kappa shape index (κ3) is 2.44. The molecule has 112 valence electrons. The van der Waals surface area contributed by atoms with Gasteiger partial charge in [0.05, 0.1) is 11.9 Å². The van der Waals surface area contributed by atoms with Crippen molar-refractivity contribution in [2.24, 2.45) is 0 Å². The summed E-state index contributed by atoms with van der Waals surface area (Å²) < 4.78 is 4.07. The Morgan fingerprint density at radius 1 is 0.739 bits per heavy atom. The minimum Gasteiger partial charge on any atom is -0.235 e. The SMILES string of the molecule is Cc1cn(-n2ccnc2-c2ccccc2)c(-c2ccccc2)n1. The van der Waals surface area contributed by atoms with Crippen LogP contribution in [0, 0.1) is 6.92 Å². The summed E-state index contributed by atoms with van der Waals surface area (Å²) in [7, 11) is 0. The fraction of sp³-hybridized carbons (Fsp3) is 0.0526. The molecule has 2 aromatic heterocycles. The number of hydrogen-bond donors (Lipinski definition) is 0. The van der Waals surface area contributed by atoms with Crippen molar-refractivity contribution in [3.8, 4) is 22.8 Å². The highest BCUT2D eigenvalue weighted by Crippen LogP contribution is 2.23. The van der Waals surface area contributed by atoms with Crippen molar-refractivity contribution in [2.45, 2.75) is 6.92 Å². The van der Waals surface area contributed by atoms with Gasteiger partial charge in [-0.25, -0.2) is 19.3 Å². The van der Waals surface area contributed by atoms with Crippen molar-refractivity contribution in [1.82, 2.24) is 19.3 Å². The summed E-state index contributed by atoms with van der Waals surface area (Å²) in [5.41, 5.74) is 3.12. The summed E-state index contributed by atoms with van der Waals surface area (Å²) in [5.74, 6) is 1.79. The molecule has 4 rings (SSSR count). The molecule has 0 radical (unpaired) electrons. The fourth-order valence-corrected chi connectivity index (χ4v) is 2.70. The molecule has 0 bridgehead atoms. The van der Waals surface area contributed by atoms with Crippen LogP contribution >= 0.6 is 0 Å². The van der Waals surface area contributed by atoms with Crippen molar-refractivity contribution in [1.29, 1.82) is 0 Å². The number of hydrogen-bond acceptors (Lipinski definition) is 2. The molecule has 0 aliphatic carbocycles. The first-order chi connectivity index (χ1) is 11.3. The van der Waals surface area contributed by atoms with Gasteiger partial charge in [0.2, 0.25) is 0 Å². The van der Waals surface area contributed by atoms with Gasteiger partial charge in [-0.15, -0.1) is 0 Å². The molecule has 0 fully saturated rings. The number of benzene rings is 2. The first-order valence-electron chi connectivity index (χ1n) is 7.54. The van der Waals surface area contributed by atoms with Crippen LogP contribution < -0.4 is 0 Å². The molecule has 0 unspecified atom stereocenters. The van der Waals surface area contributed by atoms with Crippen LogP contribution in [-0.4, -0.2) is 19.3 Å². The zero-order valence-corrected chi connectivity index (χ0v) is 12.8. The predicted octanol–water partition coefficient (Wildman–Crippen LogP) is 4.03. The van der Waals surface area contributed by atoms with Crippen LogP contribution in [0.3, 0.4) is 0 Å². The molecule has 2 heterocycles. The lowest BCUT2D eigenvalue weighted by atomic mass is 10.2. The van der Waals surface area contributed by atoms with E-state index in [1.54, 1.807) is 0 Å². The Morgan fingerprint density at radius 3 is 2.00 bits per heavy atom. The molecule has 23 heavy (non-hydrogen) atoms. The van der Waals surface area contributed by atoms with E-state index in [0.29, 0.717) is 0 Å². The molecule has 0 saturated carbocycles. The van der Waals surface area contributed by atoms with Crippen molar-refractivity contribution >= 4 is 0 Å². The monoisotopic (exact) mass is 300 g/mol. The van der Waals surface area contributed by atoms with E-state index in [9.17, 15) is 0 Å². The summed E-state index contributed by atoms with van der Waals surface area (Å²) in [6.07, 6.45) is 5.79. The van der Waals surface area contributed by atoms with Gasteiger partial charge in [0, 0.05) is 23.5 Å². The maximum Gasteiger partial charge on any atom is 0.159 e. The average molecular weight is 300 g/mol. The van der Waals surface area contributed by atoms with E-state index in [4.69, 9.17) is 0 Å². The van der Waals surface area contributed by atoms with Crippen LogP contribution in [0.25, 0.3) is 22.8 Å². The molecule has 0 aliphatic rings. The predicted molar refractivity (Wildman–Crippen MR) is 90.9 cm³/mol. The average Bonchev–Trinajstić information content (AvgIpc) is 3.22. The molecule has 4 nitrogen and oxygen atoms in total. The van der Waals surface area contributed by atoms with Gasteiger partial charge in [-0.3, -0.25) is 0 Å². The van der Waals surface area contributed by atoms with E-state index in [-0.39, 0.29) is 0 Å². The fourth-order valence-electron chi connectivity index (χ4n) is 2.70. The molecule has 4 heteroatoms. The zero-order chi connectivity index (χ0) is 15.6. The highest BCUT2D eigenvalue weighted by molar-refractivity contribution is 5.58. The minimum absolute atomic E-state index is 0.889. The number of aromatic nitrogens is 4. The topological polar surface area (TPSA) is 35.6 Å². The standard InChI is InChI=1S/C19H16N4/c1-15-14-23(19(21-15)17-10-6-3-7-11-17)22-13-12-20-18(22)16-8-4-2-5-9-16/h2-14H,1H3. The molecular formula is C19H16N4. The van der Waals surface area contributed by atoms with E-state index in [2.05, 4.69) is 34.2 Å². The van der Waals surface area contributed by atoms with Crippen LogP contribution in [-0.2, 0) is 0 Å². The lowest BCUT2D eigenvalue weighted by Crippen LogP contribution is -2.10. The molecule has 2 aromatic carbocycles. The summed E-state index contributed by atoms with van der Waals surface area (Å²) in [4.78, 5) is 9.21. The minimum atomic E-state index is 0.889. The van der Waals surface area contributed by atoms with Gasteiger partial charge < -0.3 is 0 Å². The van der Waals surface area contributed by atoms with E-state index < -0.39 is 0 Å². The van der Waals surface area contributed by atoms with Gasteiger partial charge in [-0.2, -0.15) is 0 Å². The van der Waals surface area contributed by atoms with Gasteiger partial charge in [-0.1, -0.05) is 60.7 Å². The molecule has 4 aromatic rings. The van der Waals surface area contributed by atoms with Crippen molar-refractivity contribution in [3.05, 3.63) is 84.9 Å². The number of imidazole rings is 2. The Bertz CT molecular complexity index is 920. The Balaban J connectivity index is 1.89. The second-order valence-corrected chi connectivity index (χ2v) is 5.38. The molecular weight excluding hydrogens is 284 g/mol. The molecule has 0 atom stereocenters. The van der Waals surface area contributed by atoms with Crippen LogP contribution in [0.15, 0.2) is 79.3 Å². The van der Waals surface area contributed by atoms with Gasteiger partial charge in [-0.05, 0) is 6.92 Å². The molecule has 0 aliphatic heterocycles. The summed E-state index contributed by atoms with van der Waals surface area (Å²) >= 11 is 0. The first-order valence-corrected chi connectivity index (χ1v) is 7.54. The van der Waals surface area contributed by atoms with Gasteiger partial charge in [0.25, 0.3) is 0 Å². The lowest BCUT2D eigenvalue weighted by molar-refractivity contribution is 0.673. The van der Waals surface area contributed by atoms with Gasteiger partial charge in [0.1, 0.15) is 0 Å². The first kappa shape index (κ1) is 13.5. The normalized spacial score (nSPS) is 10.8. The lowest BCUT2D eigenvalue weighted by Gasteiger charge is -2.12. The molecule has 0 saturated heterocycles. The van der Waals surface area contributed by atoms with Crippen LogP contribution in [0.5, 0.6) is 0 Å². The van der Waals surface area contributed by atoms with E-state index in [1.807, 2.05) is 71.3 Å². The van der Waals surface area contributed by atoms with Crippen LogP contribution in [0.2, 0.25) is 0 Å². The van der Waals surface area contributed by atoms with Crippen molar-refractivity contribution < 1.29 is 0 Å². The van der Waals surface area contributed by atoms with Crippen molar-refractivity contribution in [2.75, 3.05) is 0 Å². The van der Waals surface area contributed by atoms with Crippen LogP contribution in [0.1, 0.15) is 5.69 Å². The largest absolute Gasteiger partial charge is 0.235 e. The molecule has 0 amide bonds. The second-order valence-electron chi connectivity index (χ2n) is 5.38. The number of nitrogens with zero attached hydrogens (tertiary/aromatic N) is 4. The Labute approximate surface area is 134 Å². The Kier molecular flexibility index (Phi) is 3.27. The van der Waals surface area contributed by atoms with Crippen LogP contribution in [0.4, 0.5) is 0 Å². The zero-order valence-electron chi connectivity index (χ0n) is 12.8. The third-order valence-corrected chi connectivity index (χ3v) is 3.73. The van der Waals surface area contributed by atoms with Gasteiger partial charge >= 0.3 is 0 Å². The maximum atomic E-state index is 4.69. The van der Waals surface area contributed by atoms with E-state index in [0.717, 1.165) is 28.5 Å².